The first-order chi connectivity index (χ1) is 8.79. The Morgan fingerprint density at radius 2 is 1.84 bits per heavy atom. The summed E-state index contributed by atoms with van der Waals surface area (Å²) in [5.74, 6) is -1.24. The second-order valence-corrected chi connectivity index (χ2v) is 5.42. The molecule has 0 radical (unpaired) electrons. The lowest BCUT2D eigenvalue weighted by Crippen LogP contribution is -2.25. The third-order valence-electron chi connectivity index (χ3n) is 2.74. The molecule has 0 aliphatic carbocycles. The summed E-state index contributed by atoms with van der Waals surface area (Å²) in [6.07, 6.45) is 0. The lowest BCUT2D eigenvalue weighted by atomic mass is 9.97. The minimum absolute atomic E-state index is 0.285. The predicted octanol–water partition coefficient (Wildman–Crippen LogP) is 3.64. The van der Waals surface area contributed by atoms with Gasteiger partial charge in [0.1, 0.15) is 5.75 Å². The molecular formula is C15H15FO3. The van der Waals surface area contributed by atoms with Crippen molar-refractivity contribution in [2.75, 3.05) is 0 Å². The van der Waals surface area contributed by atoms with Gasteiger partial charge in [-0.1, -0.05) is 12.1 Å². The van der Waals surface area contributed by atoms with Crippen molar-refractivity contribution in [1.29, 1.82) is 0 Å². The normalized spacial score (nSPS) is 11.6. The van der Waals surface area contributed by atoms with Crippen LogP contribution in [-0.4, -0.2) is 11.1 Å². The number of carbonyl (C=O) groups excluding carboxylic acids is 1. The average molecular weight is 262 g/mol. The van der Waals surface area contributed by atoms with Crippen LogP contribution in [0.1, 0.15) is 20.8 Å². The van der Waals surface area contributed by atoms with Crippen LogP contribution in [0.3, 0.4) is 0 Å². The summed E-state index contributed by atoms with van der Waals surface area (Å²) >= 11 is 0. The summed E-state index contributed by atoms with van der Waals surface area (Å²) < 4.78 is 18.5. The Morgan fingerprint density at radius 3 is 2.47 bits per heavy atom. The van der Waals surface area contributed by atoms with E-state index in [1.807, 2.05) is 0 Å². The molecule has 0 spiro atoms. The highest BCUT2D eigenvalue weighted by molar-refractivity contribution is 5.90. The van der Waals surface area contributed by atoms with E-state index in [2.05, 4.69) is 0 Å². The van der Waals surface area contributed by atoms with Gasteiger partial charge in [0, 0.05) is 5.39 Å². The van der Waals surface area contributed by atoms with Crippen LogP contribution >= 0.6 is 0 Å². The molecule has 0 unspecified atom stereocenters. The predicted molar refractivity (Wildman–Crippen MR) is 70.7 cm³/mol. The molecule has 0 aromatic heterocycles. The standard InChI is InChI=1S/C15H15FO3/c1-15(2,3)14(18)19-10-6-4-9-5-7-12(16)13(17)11(9)8-10/h4-8,17H,1-3H3. The largest absolute Gasteiger partial charge is 0.504 e. The quantitative estimate of drug-likeness (QED) is 0.630. The maximum absolute atomic E-state index is 13.3. The summed E-state index contributed by atoms with van der Waals surface area (Å²) in [6.45, 7) is 5.23. The number of halogens is 1. The summed E-state index contributed by atoms with van der Waals surface area (Å²) in [5.41, 5.74) is -0.626. The van der Waals surface area contributed by atoms with E-state index < -0.39 is 17.0 Å². The van der Waals surface area contributed by atoms with E-state index in [4.69, 9.17) is 4.74 Å². The van der Waals surface area contributed by atoms with Gasteiger partial charge < -0.3 is 9.84 Å². The molecule has 0 amide bonds. The molecule has 2 aromatic carbocycles. The van der Waals surface area contributed by atoms with Crippen LogP contribution in [0.15, 0.2) is 30.3 Å². The number of esters is 1. The molecule has 0 aliphatic rings. The monoisotopic (exact) mass is 262 g/mol. The van der Waals surface area contributed by atoms with Crippen LogP contribution in [0.2, 0.25) is 0 Å². The van der Waals surface area contributed by atoms with Gasteiger partial charge in [-0.3, -0.25) is 4.79 Å². The second-order valence-electron chi connectivity index (χ2n) is 5.42. The number of phenols is 1. The molecule has 0 saturated heterocycles. The first-order valence-corrected chi connectivity index (χ1v) is 5.92. The van der Waals surface area contributed by atoms with Crippen LogP contribution in [-0.2, 0) is 4.79 Å². The van der Waals surface area contributed by atoms with Crippen molar-refractivity contribution < 1.29 is 19.0 Å². The van der Waals surface area contributed by atoms with Crippen LogP contribution < -0.4 is 4.74 Å². The number of aromatic hydroxyl groups is 1. The third-order valence-corrected chi connectivity index (χ3v) is 2.74. The van der Waals surface area contributed by atoms with Gasteiger partial charge in [0.05, 0.1) is 5.41 Å². The lowest BCUT2D eigenvalue weighted by Gasteiger charge is -2.16. The highest BCUT2D eigenvalue weighted by atomic mass is 19.1. The van der Waals surface area contributed by atoms with Crippen molar-refractivity contribution in [3.05, 3.63) is 36.1 Å². The van der Waals surface area contributed by atoms with Crippen molar-refractivity contribution in [2.45, 2.75) is 20.8 Å². The van der Waals surface area contributed by atoms with E-state index in [9.17, 15) is 14.3 Å². The van der Waals surface area contributed by atoms with Gasteiger partial charge in [-0.05, 0) is 44.4 Å². The van der Waals surface area contributed by atoms with Crippen molar-refractivity contribution in [1.82, 2.24) is 0 Å². The highest BCUT2D eigenvalue weighted by Gasteiger charge is 2.23. The fraction of sp³-hybridized carbons (Fsp3) is 0.267. The molecule has 0 heterocycles. The summed E-state index contributed by atoms with van der Waals surface area (Å²) in [4.78, 5) is 11.8. The molecule has 19 heavy (non-hydrogen) atoms. The van der Waals surface area contributed by atoms with Gasteiger partial charge in [0.2, 0.25) is 0 Å². The Bertz CT molecular complexity index is 642. The molecule has 100 valence electrons. The SMILES string of the molecule is CC(C)(C)C(=O)Oc1ccc2ccc(F)c(O)c2c1. The van der Waals surface area contributed by atoms with Gasteiger partial charge in [0.15, 0.2) is 11.6 Å². The Kier molecular flexibility index (Phi) is 3.18. The Morgan fingerprint density at radius 1 is 1.21 bits per heavy atom. The zero-order valence-corrected chi connectivity index (χ0v) is 11.0. The lowest BCUT2D eigenvalue weighted by molar-refractivity contribution is -0.142. The molecule has 0 saturated carbocycles. The number of carbonyl (C=O) groups is 1. The highest BCUT2D eigenvalue weighted by Crippen LogP contribution is 2.31. The van der Waals surface area contributed by atoms with Crippen molar-refractivity contribution in [3.63, 3.8) is 0 Å². The summed E-state index contributed by atoms with van der Waals surface area (Å²) in [6, 6.07) is 7.48. The van der Waals surface area contributed by atoms with E-state index in [0.717, 1.165) is 0 Å². The molecule has 3 nitrogen and oxygen atoms in total. The first-order valence-electron chi connectivity index (χ1n) is 5.92. The molecule has 2 rings (SSSR count). The first kappa shape index (κ1) is 13.3. The summed E-state index contributed by atoms with van der Waals surface area (Å²) in [5, 5.41) is 10.7. The second kappa shape index (κ2) is 4.53. The zero-order chi connectivity index (χ0) is 14.2. The van der Waals surface area contributed by atoms with Crippen LogP contribution in [0.4, 0.5) is 4.39 Å². The number of hydrogen-bond donors (Lipinski definition) is 1. The van der Waals surface area contributed by atoms with Crippen molar-refractivity contribution in [3.8, 4) is 11.5 Å². The number of ether oxygens (including phenoxy) is 1. The minimum atomic E-state index is -0.702. The number of phenolic OH excluding ortho intramolecular Hbond substituents is 1. The van der Waals surface area contributed by atoms with Gasteiger partial charge >= 0.3 is 5.97 Å². The number of hydrogen-bond acceptors (Lipinski definition) is 3. The molecule has 0 bridgehead atoms. The van der Waals surface area contributed by atoms with E-state index in [1.54, 1.807) is 39.0 Å². The van der Waals surface area contributed by atoms with E-state index in [1.165, 1.54) is 12.1 Å². The van der Waals surface area contributed by atoms with Gasteiger partial charge in [-0.15, -0.1) is 0 Å². The van der Waals surface area contributed by atoms with Gasteiger partial charge in [0.25, 0.3) is 0 Å². The smallest absolute Gasteiger partial charge is 0.316 e. The van der Waals surface area contributed by atoms with Crippen LogP contribution in [0, 0.1) is 11.2 Å². The van der Waals surface area contributed by atoms with Crippen molar-refractivity contribution >= 4 is 16.7 Å². The van der Waals surface area contributed by atoms with Crippen LogP contribution in [0.25, 0.3) is 10.8 Å². The zero-order valence-electron chi connectivity index (χ0n) is 11.0. The molecule has 2 aromatic rings. The molecule has 0 aliphatic heterocycles. The minimum Gasteiger partial charge on any atom is -0.504 e. The van der Waals surface area contributed by atoms with Gasteiger partial charge in [-0.2, -0.15) is 0 Å². The summed E-state index contributed by atoms with van der Waals surface area (Å²) in [7, 11) is 0. The topological polar surface area (TPSA) is 46.5 Å². The fourth-order valence-corrected chi connectivity index (χ4v) is 1.58. The molecular weight excluding hydrogens is 247 g/mol. The Balaban J connectivity index is 2.42. The Labute approximate surface area is 110 Å². The molecule has 4 heteroatoms. The van der Waals surface area contributed by atoms with Crippen molar-refractivity contribution in [2.24, 2.45) is 5.41 Å². The molecule has 0 atom stereocenters. The maximum atomic E-state index is 13.3. The van der Waals surface area contributed by atoms with Crippen LogP contribution in [0.5, 0.6) is 11.5 Å². The van der Waals surface area contributed by atoms with Gasteiger partial charge in [-0.25, -0.2) is 4.39 Å². The average Bonchev–Trinajstić information content (AvgIpc) is 2.33. The number of benzene rings is 2. The fourth-order valence-electron chi connectivity index (χ4n) is 1.58. The maximum Gasteiger partial charge on any atom is 0.316 e. The number of fused-ring (bicyclic) bond motifs is 1. The molecule has 1 N–H and O–H groups in total. The number of rotatable bonds is 1. The Hall–Kier alpha value is -2.10. The van der Waals surface area contributed by atoms with E-state index in [0.29, 0.717) is 10.8 Å². The molecule has 0 fully saturated rings. The third kappa shape index (κ3) is 2.67. The van der Waals surface area contributed by atoms with E-state index >= 15 is 0 Å². The van der Waals surface area contributed by atoms with E-state index in [-0.39, 0.29) is 11.7 Å².